The molecule has 0 aromatic rings. The average Bonchev–Trinajstić information content (AvgIpc) is 2.60. The molecule has 13 heavy (non-hydrogen) atoms. The predicted molar refractivity (Wildman–Crippen MR) is 48.4 cm³/mol. The van der Waals surface area contributed by atoms with Crippen molar-refractivity contribution in [2.75, 3.05) is 32.8 Å². The third-order valence-corrected chi connectivity index (χ3v) is 2.91. The lowest BCUT2D eigenvalue weighted by Crippen LogP contribution is -2.57. The maximum Gasteiger partial charge on any atom is 0.256 e. The van der Waals surface area contributed by atoms with Crippen molar-refractivity contribution in [1.82, 2.24) is 10.2 Å². The lowest BCUT2D eigenvalue weighted by Gasteiger charge is -2.38. The van der Waals surface area contributed by atoms with Crippen LogP contribution < -0.4 is 5.32 Å². The summed E-state index contributed by atoms with van der Waals surface area (Å²) in [6, 6.07) is 0. The van der Waals surface area contributed by atoms with Crippen LogP contribution >= 0.6 is 0 Å². The van der Waals surface area contributed by atoms with Crippen molar-refractivity contribution >= 4 is 5.91 Å². The smallest absolute Gasteiger partial charge is 0.256 e. The summed E-state index contributed by atoms with van der Waals surface area (Å²) in [7, 11) is 0. The molecule has 74 valence electrons. The summed E-state index contributed by atoms with van der Waals surface area (Å²) in [6.45, 7) is 5.81. The fraction of sp³-hybridized carbons (Fsp3) is 0.889. The zero-order valence-electron chi connectivity index (χ0n) is 8.01. The van der Waals surface area contributed by atoms with Gasteiger partial charge < -0.3 is 15.0 Å². The van der Waals surface area contributed by atoms with Crippen LogP contribution in [0.3, 0.4) is 0 Å². The lowest BCUT2D eigenvalue weighted by atomic mass is 9.99. The van der Waals surface area contributed by atoms with Crippen molar-refractivity contribution < 1.29 is 9.53 Å². The molecule has 2 aliphatic heterocycles. The standard InChI is InChI=1S/C9H16N2O2/c1-2-11-5-6-13-9(8(11)12)3-4-10-7-9/h10H,2-7H2,1H3/t9-/m0/s1. The van der Waals surface area contributed by atoms with Crippen molar-refractivity contribution in [3.05, 3.63) is 0 Å². The Morgan fingerprint density at radius 3 is 3.15 bits per heavy atom. The number of hydrogen-bond acceptors (Lipinski definition) is 3. The number of carbonyl (C=O) groups is 1. The summed E-state index contributed by atoms with van der Waals surface area (Å²) in [4.78, 5) is 13.8. The molecule has 0 unspecified atom stereocenters. The second kappa shape index (κ2) is 3.27. The van der Waals surface area contributed by atoms with Crippen LogP contribution in [0.15, 0.2) is 0 Å². The summed E-state index contributed by atoms with van der Waals surface area (Å²) >= 11 is 0. The van der Waals surface area contributed by atoms with Gasteiger partial charge in [-0.2, -0.15) is 0 Å². The normalized spacial score (nSPS) is 34.5. The average molecular weight is 184 g/mol. The minimum Gasteiger partial charge on any atom is -0.362 e. The van der Waals surface area contributed by atoms with Crippen LogP contribution in [0.2, 0.25) is 0 Å². The van der Waals surface area contributed by atoms with E-state index in [1.807, 2.05) is 11.8 Å². The van der Waals surface area contributed by atoms with Gasteiger partial charge in [0.05, 0.1) is 6.61 Å². The first-order chi connectivity index (χ1) is 6.28. The van der Waals surface area contributed by atoms with Gasteiger partial charge in [-0.1, -0.05) is 0 Å². The van der Waals surface area contributed by atoms with Gasteiger partial charge in [-0.25, -0.2) is 0 Å². The molecule has 2 heterocycles. The molecule has 0 aliphatic carbocycles. The molecule has 2 fully saturated rings. The van der Waals surface area contributed by atoms with Gasteiger partial charge in [0.15, 0.2) is 5.60 Å². The van der Waals surface area contributed by atoms with E-state index in [4.69, 9.17) is 4.74 Å². The molecule has 2 rings (SSSR count). The fourth-order valence-corrected chi connectivity index (χ4v) is 2.08. The van der Waals surface area contributed by atoms with E-state index in [1.165, 1.54) is 0 Å². The number of ether oxygens (including phenoxy) is 1. The van der Waals surface area contributed by atoms with Crippen LogP contribution in [-0.4, -0.2) is 49.2 Å². The summed E-state index contributed by atoms with van der Waals surface area (Å²) in [5.74, 6) is 0.172. The summed E-state index contributed by atoms with van der Waals surface area (Å²) in [5, 5.41) is 3.19. The molecule has 0 aromatic carbocycles. The van der Waals surface area contributed by atoms with Crippen LogP contribution in [0.1, 0.15) is 13.3 Å². The number of likely N-dealkylation sites (N-methyl/N-ethyl adjacent to an activating group) is 1. The molecule has 4 heteroatoms. The molecule has 1 spiro atoms. The summed E-state index contributed by atoms with van der Waals surface area (Å²) in [5.41, 5.74) is -0.520. The number of hydrogen-bond donors (Lipinski definition) is 1. The molecule has 2 aliphatic rings. The quantitative estimate of drug-likeness (QED) is 0.603. The third kappa shape index (κ3) is 1.34. The largest absolute Gasteiger partial charge is 0.362 e. The van der Waals surface area contributed by atoms with E-state index in [0.29, 0.717) is 13.2 Å². The molecule has 2 saturated heterocycles. The van der Waals surface area contributed by atoms with Gasteiger partial charge in [0.1, 0.15) is 0 Å². The molecule has 0 aromatic heterocycles. The Bertz CT molecular complexity index is 212. The Morgan fingerprint density at radius 1 is 1.69 bits per heavy atom. The topological polar surface area (TPSA) is 41.6 Å². The van der Waals surface area contributed by atoms with E-state index in [0.717, 1.165) is 26.1 Å². The molecule has 1 N–H and O–H groups in total. The third-order valence-electron chi connectivity index (χ3n) is 2.91. The van der Waals surface area contributed by atoms with Crippen molar-refractivity contribution in [2.24, 2.45) is 0 Å². The van der Waals surface area contributed by atoms with Crippen LogP contribution in [-0.2, 0) is 9.53 Å². The molecule has 0 bridgehead atoms. The first-order valence-electron chi connectivity index (χ1n) is 4.92. The van der Waals surface area contributed by atoms with Crippen molar-refractivity contribution in [3.8, 4) is 0 Å². The SMILES string of the molecule is CCN1CCO[C@]2(CCNC2)C1=O. The maximum absolute atomic E-state index is 11.9. The summed E-state index contributed by atoms with van der Waals surface area (Å²) < 4.78 is 5.62. The molecule has 4 nitrogen and oxygen atoms in total. The van der Waals surface area contributed by atoms with E-state index < -0.39 is 5.60 Å². The molecule has 0 radical (unpaired) electrons. The highest BCUT2D eigenvalue weighted by molar-refractivity contribution is 5.86. The van der Waals surface area contributed by atoms with Gasteiger partial charge in [-0.15, -0.1) is 0 Å². The number of rotatable bonds is 1. The second-order valence-corrected chi connectivity index (χ2v) is 3.65. The number of nitrogens with zero attached hydrogens (tertiary/aromatic N) is 1. The molecule has 1 atom stereocenters. The van der Waals surface area contributed by atoms with Crippen molar-refractivity contribution in [2.45, 2.75) is 18.9 Å². The molecule has 0 saturated carbocycles. The number of amides is 1. The van der Waals surface area contributed by atoms with Gasteiger partial charge in [0.2, 0.25) is 0 Å². The Balaban J connectivity index is 2.14. The fourth-order valence-electron chi connectivity index (χ4n) is 2.08. The highest BCUT2D eigenvalue weighted by Gasteiger charge is 2.46. The Hall–Kier alpha value is -0.610. The zero-order valence-corrected chi connectivity index (χ0v) is 8.01. The minimum atomic E-state index is -0.520. The van der Waals surface area contributed by atoms with Gasteiger partial charge in [-0.05, 0) is 19.9 Å². The lowest BCUT2D eigenvalue weighted by molar-refractivity contribution is -0.168. The zero-order chi connectivity index (χ0) is 9.31. The maximum atomic E-state index is 11.9. The van der Waals surface area contributed by atoms with E-state index in [2.05, 4.69) is 5.32 Å². The number of nitrogens with one attached hydrogen (secondary N) is 1. The Labute approximate surface area is 78.2 Å². The monoisotopic (exact) mass is 184 g/mol. The molecular weight excluding hydrogens is 168 g/mol. The van der Waals surface area contributed by atoms with Gasteiger partial charge in [0.25, 0.3) is 5.91 Å². The predicted octanol–water partition coefficient (Wildman–Crippen LogP) is -0.403. The Morgan fingerprint density at radius 2 is 2.54 bits per heavy atom. The molecular formula is C9H16N2O2. The van der Waals surface area contributed by atoms with Gasteiger partial charge >= 0.3 is 0 Å². The van der Waals surface area contributed by atoms with E-state index in [9.17, 15) is 4.79 Å². The van der Waals surface area contributed by atoms with Gasteiger partial charge in [-0.3, -0.25) is 4.79 Å². The first kappa shape index (κ1) is 8.97. The van der Waals surface area contributed by atoms with Crippen LogP contribution in [0.5, 0.6) is 0 Å². The van der Waals surface area contributed by atoms with Crippen molar-refractivity contribution in [3.63, 3.8) is 0 Å². The van der Waals surface area contributed by atoms with Crippen LogP contribution in [0, 0.1) is 0 Å². The van der Waals surface area contributed by atoms with Gasteiger partial charge in [0, 0.05) is 19.6 Å². The van der Waals surface area contributed by atoms with Crippen LogP contribution in [0.4, 0.5) is 0 Å². The van der Waals surface area contributed by atoms with E-state index in [1.54, 1.807) is 0 Å². The number of carbonyl (C=O) groups excluding carboxylic acids is 1. The molecule has 1 amide bonds. The summed E-state index contributed by atoms with van der Waals surface area (Å²) in [6.07, 6.45) is 0.822. The van der Waals surface area contributed by atoms with Crippen LogP contribution in [0.25, 0.3) is 0 Å². The Kier molecular flexibility index (Phi) is 2.26. The minimum absolute atomic E-state index is 0.172. The van der Waals surface area contributed by atoms with E-state index >= 15 is 0 Å². The number of morpholine rings is 1. The highest BCUT2D eigenvalue weighted by atomic mass is 16.5. The van der Waals surface area contributed by atoms with E-state index in [-0.39, 0.29) is 5.91 Å². The second-order valence-electron chi connectivity index (χ2n) is 3.65. The first-order valence-corrected chi connectivity index (χ1v) is 4.92. The van der Waals surface area contributed by atoms with Crippen molar-refractivity contribution in [1.29, 1.82) is 0 Å². The highest BCUT2D eigenvalue weighted by Crippen LogP contribution is 2.25.